The Balaban J connectivity index is 2.18. The summed E-state index contributed by atoms with van der Waals surface area (Å²) in [6.45, 7) is 1.67. The predicted octanol–water partition coefficient (Wildman–Crippen LogP) is 2.59. The van der Waals surface area contributed by atoms with Crippen LogP contribution in [0.5, 0.6) is 5.75 Å². The zero-order valence-electron chi connectivity index (χ0n) is 10.3. The molecular formula is C13H17NO4. The molecule has 0 heterocycles. The number of benzene rings is 1. The highest BCUT2D eigenvalue weighted by Crippen LogP contribution is 2.30. The van der Waals surface area contributed by atoms with Crippen molar-refractivity contribution in [3.8, 4) is 5.75 Å². The van der Waals surface area contributed by atoms with Gasteiger partial charge in [-0.1, -0.05) is 12.5 Å². The molecule has 2 atom stereocenters. The van der Waals surface area contributed by atoms with Crippen LogP contribution in [0.15, 0.2) is 18.2 Å². The lowest BCUT2D eigenvalue weighted by atomic mass is 9.95. The fourth-order valence-corrected chi connectivity index (χ4v) is 2.31. The molecule has 5 nitrogen and oxygen atoms in total. The summed E-state index contributed by atoms with van der Waals surface area (Å²) in [5.41, 5.74) is 0.568. The fourth-order valence-electron chi connectivity index (χ4n) is 2.31. The average molecular weight is 251 g/mol. The summed E-state index contributed by atoms with van der Waals surface area (Å²) in [5, 5.41) is 20.7. The summed E-state index contributed by atoms with van der Waals surface area (Å²) in [7, 11) is 0. The minimum atomic E-state index is -0.475. The second-order valence-electron chi connectivity index (χ2n) is 4.67. The smallest absolute Gasteiger partial charge is 0.276 e. The number of nitro groups is 1. The Labute approximate surface area is 106 Å². The molecule has 0 unspecified atom stereocenters. The first-order chi connectivity index (χ1) is 8.59. The quantitative estimate of drug-likeness (QED) is 0.662. The predicted molar refractivity (Wildman–Crippen MR) is 66.7 cm³/mol. The fraction of sp³-hybridized carbons (Fsp3) is 0.538. The highest BCUT2D eigenvalue weighted by molar-refractivity contribution is 5.48. The van der Waals surface area contributed by atoms with Crippen LogP contribution in [0, 0.1) is 17.0 Å². The van der Waals surface area contributed by atoms with Crippen molar-refractivity contribution < 1.29 is 14.8 Å². The standard InChI is InChI=1S/C13H17NO4/c1-9-10(14(16)17)5-4-8-12(9)18-13-7-3-2-6-11(13)15/h4-5,8,11,13,15H,2-3,6-7H2,1H3/t11-,13-/m1/s1. The van der Waals surface area contributed by atoms with E-state index >= 15 is 0 Å². The van der Waals surface area contributed by atoms with Crippen molar-refractivity contribution in [1.29, 1.82) is 0 Å². The molecular weight excluding hydrogens is 234 g/mol. The molecule has 2 rings (SSSR count). The molecule has 18 heavy (non-hydrogen) atoms. The minimum absolute atomic E-state index is 0.0535. The van der Waals surface area contributed by atoms with Crippen molar-refractivity contribution in [1.82, 2.24) is 0 Å². The van der Waals surface area contributed by atoms with Crippen LogP contribution in [0.4, 0.5) is 5.69 Å². The molecule has 0 aromatic heterocycles. The third-order valence-electron chi connectivity index (χ3n) is 3.40. The minimum Gasteiger partial charge on any atom is -0.487 e. The molecule has 1 aromatic carbocycles. The highest BCUT2D eigenvalue weighted by atomic mass is 16.6. The van der Waals surface area contributed by atoms with E-state index in [1.54, 1.807) is 19.1 Å². The van der Waals surface area contributed by atoms with Gasteiger partial charge in [0, 0.05) is 6.07 Å². The Morgan fingerprint density at radius 3 is 2.78 bits per heavy atom. The van der Waals surface area contributed by atoms with Gasteiger partial charge in [0.05, 0.1) is 16.6 Å². The summed E-state index contributed by atoms with van der Waals surface area (Å²) >= 11 is 0. The number of nitro benzene ring substituents is 1. The van der Waals surface area contributed by atoms with Crippen LogP contribution in [0.3, 0.4) is 0 Å². The van der Waals surface area contributed by atoms with Gasteiger partial charge < -0.3 is 9.84 Å². The molecule has 1 aliphatic carbocycles. The van der Waals surface area contributed by atoms with Crippen molar-refractivity contribution in [2.75, 3.05) is 0 Å². The van der Waals surface area contributed by atoms with E-state index in [0.29, 0.717) is 11.3 Å². The first-order valence-electron chi connectivity index (χ1n) is 6.18. The van der Waals surface area contributed by atoms with E-state index in [4.69, 9.17) is 4.74 Å². The van der Waals surface area contributed by atoms with Gasteiger partial charge in [-0.15, -0.1) is 0 Å². The molecule has 5 heteroatoms. The lowest BCUT2D eigenvalue weighted by Crippen LogP contribution is -2.34. The van der Waals surface area contributed by atoms with Crippen LogP contribution < -0.4 is 4.74 Å². The number of nitrogens with zero attached hydrogens (tertiary/aromatic N) is 1. The molecule has 0 spiro atoms. The molecule has 1 aromatic rings. The molecule has 0 saturated heterocycles. The highest BCUT2D eigenvalue weighted by Gasteiger charge is 2.26. The monoisotopic (exact) mass is 251 g/mol. The van der Waals surface area contributed by atoms with Gasteiger partial charge in [0.25, 0.3) is 5.69 Å². The lowest BCUT2D eigenvalue weighted by molar-refractivity contribution is -0.385. The van der Waals surface area contributed by atoms with Gasteiger partial charge in [0.1, 0.15) is 11.9 Å². The lowest BCUT2D eigenvalue weighted by Gasteiger charge is -2.28. The van der Waals surface area contributed by atoms with Crippen molar-refractivity contribution in [2.45, 2.75) is 44.8 Å². The Morgan fingerprint density at radius 1 is 1.39 bits per heavy atom. The van der Waals surface area contributed by atoms with Gasteiger partial charge in [0.15, 0.2) is 0 Å². The topological polar surface area (TPSA) is 72.6 Å². The summed E-state index contributed by atoms with van der Waals surface area (Å²) in [6, 6.07) is 4.78. The van der Waals surface area contributed by atoms with E-state index in [9.17, 15) is 15.2 Å². The average Bonchev–Trinajstić information content (AvgIpc) is 2.34. The van der Waals surface area contributed by atoms with Gasteiger partial charge in [-0.25, -0.2) is 0 Å². The number of rotatable bonds is 3. The van der Waals surface area contributed by atoms with Crippen LogP contribution in [-0.4, -0.2) is 22.2 Å². The van der Waals surface area contributed by atoms with E-state index in [1.807, 2.05) is 0 Å². The van der Waals surface area contributed by atoms with E-state index in [0.717, 1.165) is 25.7 Å². The first-order valence-corrected chi connectivity index (χ1v) is 6.18. The molecule has 1 N–H and O–H groups in total. The Hall–Kier alpha value is -1.62. The maximum Gasteiger partial charge on any atom is 0.276 e. The third kappa shape index (κ3) is 2.61. The second-order valence-corrected chi connectivity index (χ2v) is 4.67. The third-order valence-corrected chi connectivity index (χ3v) is 3.40. The zero-order valence-corrected chi connectivity index (χ0v) is 10.3. The number of hydrogen-bond acceptors (Lipinski definition) is 4. The molecule has 1 saturated carbocycles. The van der Waals surface area contributed by atoms with E-state index in [2.05, 4.69) is 0 Å². The van der Waals surface area contributed by atoms with Crippen molar-refractivity contribution in [2.24, 2.45) is 0 Å². The van der Waals surface area contributed by atoms with Crippen LogP contribution in [0.1, 0.15) is 31.2 Å². The molecule has 0 aliphatic heterocycles. The maximum atomic E-state index is 10.8. The first kappa shape index (κ1) is 12.8. The summed E-state index contributed by atoms with van der Waals surface area (Å²) in [5.74, 6) is 0.496. The summed E-state index contributed by atoms with van der Waals surface area (Å²) in [6.07, 6.45) is 2.84. The van der Waals surface area contributed by atoms with Gasteiger partial charge in [0.2, 0.25) is 0 Å². The van der Waals surface area contributed by atoms with E-state index in [1.165, 1.54) is 6.07 Å². The van der Waals surface area contributed by atoms with E-state index in [-0.39, 0.29) is 11.8 Å². The number of ether oxygens (including phenoxy) is 1. The molecule has 1 fully saturated rings. The molecule has 0 radical (unpaired) electrons. The zero-order chi connectivity index (χ0) is 13.1. The van der Waals surface area contributed by atoms with Crippen molar-refractivity contribution >= 4 is 5.69 Å². The second kappa shape index (κ2) is 5.35. The molecule has 1 aliphatic rings. The number of aliphatic hydroxyl groups is 1. The maximum absolute atomic E-state index is 10.8. The van der Waals surface area contributed by atoms with Crippen molar-refractivity contribution in [3.63, 3.8) is 0 Å². The molecule has 98 valence electrons. The van der Waals surface area contributed by atoms with Crippen LogP contribution in [0.25, 0.3) is 0 Å². The normalized spacial score (nSPS) is 23.7. The number of aliphatic hydroxyl groups excluding tert-OH is 1. The van der Waals surface area contributed by atoms with Crippen LogP contribution in [-0.2, 0) is 0 Å². The molecule has 0 bridgehead atoms. The van der Waals surface area contributed by atoms with Crippen LogP contribution in [0.2, 0.25) is 0 Å². The summed E-state index contributed by atoms with van der Waals surface area (Å²) in [4.78, 5) is 10.4. The van der Waals surface area contributed by atoms with Gasteiger partial charge in [-0.05, 0) is 32.3 Å². The Bertz CT molecular complexity index is 447. The van der Waals surface area contributed by atoms with Crippen LogP contribution >= 0.6 is 0 Å². The van der Waals surface area contributed by atoms with Gasteiger partial charge in [-0.2, -0.15) is 0 Å². The van der Waals surface area contributed by atoms with Gasteiger partial charge >= 0.3 is 0 Å². The van der Waals surface area contributed by atoms with Gasteiger partial charge in [-0.3, -0.25) is 10.1 Å². The number of hydrogen-bond donors (Lipinski definition) is 1. The van der Waals surface area contributed by atoms with E-state index < -0.39 is 11.0 Å². The summed E-state index contributed by atoms with van der Waals surface area (Å²) < 4.78 is 5.73. The Morgan fingerprint density at radius 2 is 2.11 bits per heavy atom. The SMILES string of the molecule is Cc1c(O[C@@H]2CCCC[C@H]2O)cccc1[N+](=O)[O-]. The van der Waals surface area contributed by atoms with Crippen molar-refractivity contribution in [3.05, 3.63) is 33.9 Å². The molecule has 0 amide bonds. The Kier molecular flexibility index (Phi) is 3.81. The largest absolute Gasteiger partial charge is 0.487 e.